The fourth-order valence-corrected chi connectivity index (χ4v) is 1.81. The van der Waals surface area contributed by atoms with Crippen LogP contribution in [0.4, 0.5) is 0 Å². The van der Waals surface area contributed by atoms with Gasteiger partial charge >= 0.3 is 0 Å². The van der Waals surface area contributed by atoms with E-state index in [2.05, 4.69) is 26.8 Å². The van der Waals surface area contributed by atoms with Crippen molar-refractivity contribution in [1.82, 2.24) is 0 Å². The van der Waals surface area contributed by atoms with Gasteiger partial charge in [-0.2, -0.15) is 0 Å². The van der Waals surface area contributed by atoms with Gasteiger partial charge in [-0.05, 0) is 25.2 Å². The zero-order valence-electron chi connectivity index (χ0n) is 7.55. The highest BCUT2D eigenvalue weighted by molar-refractivity contribution is 5.56. The van der Waals surface area contributed by atoms with Crippen LogP contribution in [0.3, 0.4) is 0 Å². The maximum Gasteiger partial charge on any atom is 0.123 e. The summed E-state index contributed by atoms with van der Waals surface area (Å²) in [5, 5.41) is 0. The number of rotatable bonds is 1. The molecule has 0 aromatic heterocycles. The van der Waals surface area contributed by atoms with E-state index in [1.54, 1.807) is 0 Å². The van der Waals surface area contributed by atoms with E-state index in [0.29, 0.717) is 0 Å². The van der Waals surface area contributed by atoms with Crippen LogP contribution in [0.15, 0.2) is 11.6 Å². The number of hydrogen-bond acceptors (Lipinski definition) is 1. The molecule has 0 saturated carbocycles. The lowest BCUT2D eigenvalue weighted by atomic mass is 9.72. The zero-order chi connectivity index (χ0) is 8.48. The average Bonchev–Trinajstić information content (AvgIpc) is 1.85. The van der Waals surface area contributed by atoms with E-state index in [1.807, 2.05) is 0 Å². The first kappa shape index (κ1) is 8.51. The van der Waals surface area contributed by atoms with Crippen molar-refractivity contribution < 1.29 is 4.79 Å². The summed E-state index contributed by atoms with van der Waals surface area (Å²) in [5.74, 6) is 0.228. The number of carbonyl (C=O) groups excluding carboxylic acids is 1. The molecule has 0 fully saturated rings. The Bertz CT molecular complexity index is 189. The molecule has 1 heteroatoms. The Morgan fingerprint density at radius 1 is 1.64 bits per heavy atom. The summed E-state index contributed by atoms with van der Waals surface area (Å²) >= 11 is 0. The first-order valence-corrected chi connectivity index (χ1v) is 4.20. The molecule has 0 aliphatic heterocycles. The highest BCUT2D eigenvalue weighted by Gasteiger charge is 2.29. The van der Waals surface area contributed by atoms with E-state index in [0.717, 1.165) is 19.1 Å². The third-order valence-corrected chi connectivity index (χ3v) is 2.59. The van der Waals surface area contributed by atoms with Crippen molar-refractivity contribution in [2.45, 2.75) is 33.6 Å². The van der Waals surface area contributed by atoms with E-state index in [4.69, 9.17) is 0 Å². The van der Waals surface area contributed by atoms with Crippen LogP contribution in [0.2, 0.25) is 0 Å². The molecule has 1 aliphatic carbocycles. The molecule has 1 rings (SSSR count). The standard InChI is InChI=1S/C10H16O/c1-8-4-5-9(7-11)10(2,3)6-8/h6-7,9H,4-5H2,1-3H3. The van der Waals surface area contributed by atoms with Gasteiger partial charge in [-0.3, -0.25) is 0 Å². The lowest BCUT2D eigenvalue weighted by molar-refractivity contribution is -0.113. The molecule has 11 heavy (non-hydrogen) atoms. The van der Waals surface area contributed by atoms with Gasteiger partial charge in [0, 0.05) is 5.92 Å². The van der Waals surface area contributed by atoms with Crippen molar-refractivity contribution in [2.75, 3.05) is 0 Å². The summed E-state index contributed by atoms with van der Waals surface area (Å²) < 4.78 is 0. The molecule has 0 N–H and O–H groups in total. The van der Waals surface area contributed by atoms with Gasteiger partial charge in [0.15, 0.2) is 0 Å². The summed E-state index contributed by atoms with van der Waals surface area (Å²) in [6.07, 6.45) is 5.45. The van der Waals surface area contributed by atoms with Gasteiger partial charge in [-0.25, -0.2) is 0 Å². The van der Waals surface area contributed by atoms with Gasteiger partial charge in [0.2, 0.25) is 0 Å². The predicted molar refractivity (Wildman–Crippen MR) is 46.3 cm³/mol. The number of aldehydes is 1. The third-order valence-electron chi connectivity index (χ3n) is 2.59. The predicted octanol–water partition coefficient (Wildman–Crippen LogP) is 2.57. The highest BCUT2D eigenvalue weighted by Crippen LogP contribution is 2.37. The SMILES string of the molecule is CC1=CC(C)(C)C(C=O)CC1. The molecule has 0 bridgehead atoms. The van der Waals surface area contributed by atoms with E-state index < -0.39 is 0 Å². The van der Waals surface area contributed by atoms with Crippen LogP contribution in [0.25, 0.3) is 0 Å². The van der Waals surface area contributed by atoms with Gasteiger partial charge in [0.05, 0.1) is 0 Å². The quantitative estimate of drug-likeness (QED) is 0.417. The van der Waals surface area contributed by atoms with Crippen LogP contribution in [-0.2, 0) is 4.79 Å². The van der Waals surface area contributed by atoms with E-state index in [-0.39, 0.29) is 11.3 Å². The molecule has 0 spiro atoms. The minimum Gasteiger partial charge on any atom is -0.303 e. The van der Waals surface area contributed by atoms with Crippen LogP contribution in [0, 0.1) is 11.3 Å². The van der Waals surface area contributed by atoms with Crippen molar-refractivity contribution in [3.63, 3.8) is 0 Å². The van der Waals surface area contributed by atoms with Crippen LogP contribution >= 0.6 is 0 Å². The van der Waals surface area contributed by atoms with Crippen LogP contribution in [0.1, 0.15) is 33.6 Å². The Morgan fingerprint density at radius 2 is 2.27 bits per heavy atom. The molecule has 0 saturated heterocycles. The Hall–Kier alpha value is -0.590. The van der Waals surface area contributed by atoms with Crippen molar-refractivity contribution in [2.24, 2.45) is 11.3 Å². The summed E-state index contributed by atoms with van der Waals surface area (Å²) in [6.45, 7) is 6.41. The van der Waals surface area contributed by atoms with E-state index in [9.17, 15) is 4.79 Å². The summed E-state index contributed by atoms with van der Waals surface area (Å²) in [7, 11) is 0. The minimum atomic E-state index is 0.0874. The lowest BCUT2D eigenvalue weighted by Crippen LogP contribution is -2.26. The normalized spacial score (nSPS) is 29.4. The molecule has 0 amide bonds. The molecule has 0 aromatic carbocycles. The molecular formula is C10H16O. The smallest absolute Gasteiger partial charge is 0.123 e. The second-order valence-electron chi connectivity index (χ2n) is 4.09. The lowest BCUT2D eigenvalue weighted by Gasteiger charge is -2.32. The van der Waals surface area contributed by atoms with Crippen molar-refractivity contribution in [3.8, 4) is 0 Å². The molecule has 0 aromatic rings. The van der Waals surface area contributed by atoms with Gasteiger partial charge in [-0.1, -0.05) is 25.5 Å². The van der Waals surface area contributed by atoms with E-state index in [1.165, 1.54) is 5.57 Å². The van der Waals surface area contributed by atoms with Gasteiger partial charge in [0.25, 0.3) is 0 Å². The zero-order valence-corrected chi connectivity index (χ0v) is 7.55. The van der Waals surface area contributed by atoms with Gasteiger partial charge in [0.1, 0.15) is 6.29 Å². The fourth-order valence-electron chi connectivity index (χ4n) is 1.81. The monoisotopic (exact) mass is 152 g/mol. The number of carbonyl (C=O) groups is 1. The molecular weight excluding hydrogens is 136 g/mol. The molecule has 0 heterocycles. The average molecular weight is 152 g/mol. The van der Waals surface area contributed by atoms with Crippen LogP contribution in [0.5, 0.6) is 0 Å². The number of allylic oxidation sites excluding steroid dienone is 2. The first-order chi connectivity index (χ1) is 5.06. The van der Waals surface area contributed by atoms with Gasteiger partial charge < -0.3 is 4.79 Å². The largest absolute Gasteiger partial charge is 0.303 e. The Balaban J connectivity index is 2.84. The molecule has 0 radical (unpaired) electrons. The van der Waals surface area contributed by atoms with Crippen LogP contribution < -0.4 is 0 Å². The molecule has 1 unspecified atom stereocenters. The fraction of sp³-hybridized carbons (Fsp3) is 0.700. The Labute approximate surface area is 68.5 Å². The maximum atomic E-state index is 10.7. The second kappa shape index (κ2) is 2.80. The molecule has 1 aliphatic rings. The summed E-state index contributed by atoms with van der Waals surface area (Å²) in [6, 6.07) is 0. The van der Waals surface area contributed by atoms with E-state index >= 15 is 0 Å². The van der Waals surface area contributed by atoms with Crippen molar-refractivity contribution >= 4 is 6.29 Å². The number of hydrogen-bond donors (Lipinski definition) is 0. The highest BCUT2D eigenvalue weighted by atomic mass is 16.1. The summed E-state index contributed by atoms with van der Waals surface area (Å²) in [5.41, 5.74) is 1.51. The first-order valence-electron chi connectivity index (χ1n) is 4.20. The van der Waals surface area contributed by atoms with Crippen molar-refractivity contribution in [3.05, 3.63) is 11.6 Å². The van der Waals surface area contributed by atoms with Crippen molar-refractivity contribution in [1.29, 1.82) is 0 Å². The van der Waals surface area contributed by atoms with Crippen LogP contribution in [-0.4, -0.2) is 6.29 Å². The molecule has 62 valence electrons. The summed E-state index contributed by atoms with van der Waals surface area (Å²) in [4.78, 5) is 10.7. The third kappa shape index (κ3) is 1.70. The Kier molecular flexibility index (Phi) is 2.17. The second-order valence-corrected chi connectivity index (χ2v) is 4.09. The molecule has 1 nitrogen and oxygen atoms in total. The minimum absolute atomic E-state index is 0.0874. The van der Waals surface area contributed by atoms with Gasteiger partial charge in [-0.15, -0.1) is 0 Å². The Morgan fingerprint density at radius 3 is 2.73 bits per heavy atom. The molecule has 1 atom stereocenters. The topological polar surface area (TPSA) is 17.1 Å². The maximum absolute atomic E-state index is 10.7.